The molecule has 0 unspecified atom stereocenters. The van der Waals surface area contributed by atoms with Gasteiger partial charge < -0.3 is 5.32 Å². The van der Waals surface area contributed by atoms with Gasteiger partial charge in [0.25, 0.3) is 0 Å². The standard InChI is InChI=1S/C12H10IN3O2S/c1-7-6-8(13)2-3-9(7)15-10(17)11(18)16-12-14-4-5-19-12/h2-6H,1H3,(H,15,17)(H,14,16,18). The number of rotatable bonds is 2. The fraction of sp³-hybridized carbons (Fsp3) is 0.0833. The molecule has 1 heterocycles. The van der Waals surface area contributed by atoms with E-state index >= 15 is 0 Å². The molecule has 0 bridgehead atoms. The molecule has 1 aromatic carbocycles. The van der Waals surface area contributed by atoms with Gasteiger partial charge in [0, 0.05) is 20.8 Å². The van der Waals surface area contributed by atoms with Gasteiger partial charge in [-0.25, -0.2) is 4.98 Å². The zero-order valence-electron chi connectivity index (χ0n) is 9.94. The van der Waals surface area contributed by atoms with E-state index in [4.69, 9.17) is 0 Å². The molecule has 0 aliphatic rings. The van der Waals surface area contributed by atoms with Crippen LogP contribution in [0.2, 0.25) is 0 Å². The molecule has 19 heavy (non-hydrogen) atoms. The molecular formula is C12H10IN3O2S. The van der Waals surface area contributed by atoms with E-state index in [0.29, 0.717) is 10.8 Å². The average molecular weight is 387 g/mol. The van der Waals surface area contributed by atoms with Crippen molar-refractivity contribution in [3.8, 4) is 0 Å². The minimum absolute atomic E-state index is 0.402. The van der Waals surface area contributed by atoms with Crippen molar-refractivity contribution in [2.45, 2.75) is 6.92 Å². The Morgan fingerprint density at radius 3 is 2.63 bits per heavy atom. The first-order valence-electron chi connectivity index (χ1n) is 5.34. The van der Waals surface area contributed by atoms with Crippen LogP contribution in [0.5, 0.6) is 0 Å². The lowest BCUT2D eigenvalue weighted by Gasteiger charge is -2.08. The number of hydrogen-bond acceptors (Lipinski definition) is 4. The highest BCUT2D eigenvalue weighted by atomic mass is 127. The summed E-state index contributed by atoms with van der Waals surface area (Å²) >= 11 is 3.44. The van der Waals surface area contributed by atoms with E-state index in [2.05, 4.69) is 38.2 Å². The molecule has 0 aliphatic carbocycles. The van der Waals surface area contributed by atoms with Crippen molar-refractivity contribution in [2.75, 3.05) is 10.6 Å². The molecule has 2 N–H and O–H groups in total. The Morgan fingerprint density at radius 1 is 1.26 bits per heavy atom. The van der Waals surface area contributed by atoms with Crippen LogP contribution in [0.15, 0.2) is 29.8 Å². The zero-order valence-corrected chi connectivity index (χ0v) is 12.9. The molecule has 7 heteroatoms. The van der Waals surface area contributed by atoms with Crippen LogP contribution in [0.1, 0.15) is 5.56 Å². The molecule has 0 aliphatic heterocycles. The van der Waals surface area contributed by atoms with Crippen LogP contribution in [0.4, 0.5) is 10.8 Å². The molecule has 2 rings (SSSR count). The van der Waals surface area contributed by atoms with E-state index in [0.717, 1.165) is 9.13 Å². The summed E-state index contributed by atoms with van der Waals surface area (Å²) < 4.78 is 1.07. The Morgan fingerprint density at radius 2 is 2.00 bits per heavy atom. The van der Waals surface area contributed by atoms with Crippen LogP contribution in [-0.2, 0) is 9.59 Å². The van der Waals surface area contributed by atoms with Crippen molar-refractivity contribution >= 4 is 56.6 Å². The van der Waals surface area contributed by atoms with Gasteiger partial charge in [-0.1, -0.05) is 0 Å². The van der Waals surface area contributed by atoms with E-state index in [1.807, 2.05) is 19.1 Å². The van der Waals surface area contributed by atoms with Crippen molar-refractivity contribution in [3.63, 3.8) is 0 Å². The first-order chi connectivity index (χ1) is 9.06. The van der Waals surface area contributed by atoms with E-state index in [9.17, 15) is 9.59 Å². The largest absolute Gasteiger partial charge is 0.318 e. The maximum Gasteiger partial charge on any atom is 0.315 e. The van der Waals surface area contributed by atoms with Gasteiger partial charge in [0.1, 0.15) is 0 Å². The van der Waals surface area contributed by atoms with Gasteiger partial charge in [0.2, 0.25) is 0 Å². The minimum atomic E-state index is -0.729. The van der Waals surface area contributed by atoms with Gasteiger partial charge >= 0.3 is 11.8 Å². The number of thiazole rings is 1. The third kappa shape index (κ3) is 3.74. The number of aromatic nitrogens is 1. The lowest BCUT2D eigenvalue weighted by atomic mass is 10.2. The fourth-order valence-electron chi connectivity index (χ4n) is 1.39. The Hall–Kier alpha value is -1.48. The van der Waals surface area contributed by atoms with Crippen molar-refractivity contribution in [3.05, 3.63) is 38.9 Å². The zero-order chi connectivity index (χ0) is 13.8. The smallest absolute Gasteiger partial charge is 0.315 e. The topological polar surface area (TPSA) is 71.1 Å². The predicted molar refractivity (Wildman–Crippen MR) is 83.3 cm³/mol. The SMILES string of the molecule is Cc1cc(I)ccc1NC(=O)C(=O)Nc1nccs1. The Bertz CT molecular complexity index is 613. The summed E-state index contributed by atoms with van der Waals surface area (Å²) in [4.78, 5) is 27.2. The number of halogens is 1. The Kier molecular flexibility index (Phi) is 4.48. The Balaban J connectivity index is 2.02. The van der Waals surface area contributed by atoms with Gasteiger partial charge in [-0.3, -0.25) is 14.9 Å². The lowest BCUT2D eigenvalue weighted by Crippen LogP contribution is -2.29. The number of hydrogen-bond donors (Lipinski definition) is 2. The van der Waals surface area contributed by atoms with Crippen molar-refractivity contribution in [1.82, 2.24) is 4.98 Å². The van der Waals surface area contributed by atoms with E-state index in [1.54, 1.807) is 17.6 Å². The number of nitrogens with one attached hydrogen (secondary N) is 2. The molecular weight excluding hydrogens is 377 g/mol. The van der Waals surface area contributed by atoms with Crippen molar-refractivity contribution in [2.24, 2.45) is 0 Å². The van der Waals surface area contributed by atoms with Crippen LogP contribution in [0.3, 0.4) is 0 Å². The van der Waals surface area contributed by atoms with Crippen LogP contribution >= 0.6 is 33.9 Å². The van der Waals surface area contributed by atoms with Gasteiger partial charge in [0.15, 0.2) is 5.13 Å². The first-order valence-corrected chi connectivity index (χ1v) is 7.30. The maximum absolute atomic E-state index is 11.7. The minimum Gasteiger partial charge on any atom is -0.318 e. The van der Waals surface area contributed by atoms with Crippen LogP contribution in [-0.4, -0.2) is 16.8 Å². The molecule has 0 saturated carbocycles. The molecule has 0 fully saturated rings. The third-order valence-corrected chi connectivity index (χ3v) is 3.66. The number of amides is 2. The molecule has 1 aromatic heterocycles. The predicted octanol–water partition coefficient (Wildman–Crippen LogP) is 2.63. The monoisotopic (exact) mass is 387 g/mol. The molecule has 2 amide bonds. The molecule has 2 aromatic rings. The summed E-state index contributed by atoms with van der Waals surface area (Å²) in [7, 11) is 0. The molecule has 0 atom stereocenters. The van der Waals surface area contributed by atoms with Gasteiger partial charge in [-0.15, -0.1) is 11.3 Å². The second-order valence-corrected chi connectivity index (χ2v) is 5.84. The summed E-state index contributed by atoms with van der Waals surface area (Å²) in [6, 6.07) is 5.56. The average Bonchev–Trinajstić information content (AvgIpc) is 2.85. The normalized spacial score (nSPS) is 10.0. The van der Waals surface area contributed by atoms with Gasteiger partial charge in [0.05, 0.1) is 0 Å². The summed E-state index contributed by atoms with van der Waals surface area (Å²) in [5, 5.41) is 7.12. The summed E-state index contributed by atoms with van der Waals surface area (Å²) in [5.41, 5.74) is 1.53. The number of carbonyl (C=O) groups excluding carboxylic acids is 2. The van der Waals surface area contributed by atoms with Gasteiger partial charge in [-0.2, -0.15) is 0 Å². The van der Waals surface area contributed by atoms with Gasteiger partial charge in [-0.05, 0) is 53.3 Å². The molecule has 0 radical (unpaired) electrons. The molecule has 0 spiro atoms. The second kappa shape index (κ2) is 6.11. The van der Waals surface area contributed by atoms with E-state index < -0.39 is 11.8 Å². The quantitative estimate of drug-likeness (QED) is 0.615. The van der Waals surface area contributed by atoms with E-state index in [-0.39, 0.29) is 0 Å². The number of anilines is 2. The number of carbonyl (C=O) groups is 2. The third-order valence-electron chi connectivity index (χ3n) is 2.30. The molecule has 98 valence electrons. The highest BCUT2D eigenvalue weighted by Gasteiger charge is 2.15. The lowest BCUT2D eigenvalue weighted by molar-refractivity contribution is -0.133. The fourth-order valence-corrected chi connectivity index (χ4v) is 2.56. The summed E-state index contributed by atoms with van der Waals surface area (Å²) in [5.74, 6) is -1.44. The molecule has 5 nitrogen and oxygen atoms in total. The molecule has 0 saturated heterocycles. The second-order valence-electron chi connectivity index (χ2n) is 3.70. The number of aryl methyl sites for hydroxylation is 1. The summed E-state index contributed by atoms with van der Waals surface area (Å²) in [6.07, 6.45) is 1.56. The van der Waals surface area contributed by atoms with Crippen LogP contribution in [0.25, 0.3) is 0 Å². The van der Waals surface area contributed by atoms with Crippen LogP contribution < -0.4 is 10.6 Å². The number of nitrogens with zero attached hydrogens (tertiary/aromatic N) is 1. The van der Waals surface area contributed by atoms with Crippen molar-refractivity contribution in [1.29, 1.82) is 0 Å². The number of benzene rings is 1. The van der Waals surface area contributed by atoms with Crippen molar-refractivity contribution < 1.29 is 9.59 Å². The highest BCUT2D eigenvalue weighted by Crippen LogP contribution is 2.17. The Labute approximate surface area is 127 Å². The maximum atomic E-state index is 11.7. The first kappa shape index (κ1) is 13.9. The summed E-state index contributed by atoms with van der Waals surface area (Å²) in [6.45, 7) is 1.87. The van der Waals surface area contributed by atoms with E-state index in [1.165, 1.54) is 11.3 Å². The highest BCUT2D eigenvalue weighted by molar-refractivity contribution is 14.1. The van der Waals surface area contributed by atoms with Crippen LogP contribution in [0, 0.1) is 10.5 Å².